The molecule has 32 heavy (non-hydrogen) atoms. The fourth-order valence-corrected chi connectivity index (χ4v) is 7.26. The number of Topliss-reactive ketones (excluding diaryl/α,β-unsaturated/α-hetero) is 1. The molecule has 1 saturated carbocycles. The number of hydrogen-bond acceptors (Lipinski definition) is 3. The van der Waals surface area contributed by atoms with Crippen LogP contribution in [-0.4, -0.2) is 11.8 Å². The van der Waals surface area contributed by atoms with E-state index in [1.165, 1.54) is 55.7 Å². The molecule has 0 heterocycles. The van der Waals surface area contributed by atoms with E-state index < -0.39 is 6.10 Å². The Morgan fingerprint density at radius 2 is 1.72 bits per heavy atom. The lowest BCUT2D eigenvalue weighted by atomic mass is 9.59. The summed E-state index contributed by atoms with van der Waals surface area (Å²) in [6, 6.07) is 4.38. The number of carbonyl (C=O) groups excluding carboxylic acids is 2. The molecular formula is C29H42O3. The number of hydrogen-bond donors (Lipinski definition) is 0. The second-order valence-corrected chi connectivity index (χ2v) is 11.7. The SMILES string of the molecule is CC(=O)OC1C(=O)CCc2c1ccc1c2CCC2(C)C1CCC2C(C)CCC(C)C(C)C. The Balaban J connectivity index is 1.58. The Labute approximate surface area is 194 Å². The van der Waals surface area contributed by atoms with E-state index >= 15 is 0 Å². The first-order valence-corrected chi connectivity index (χ1v) is 13.0. The molecule has 176 valence electrons. The third-order valence-corrected chi connectivity index (χ3v) is 9.58. The third-order valence-electron chi connectivity index (χ3n) is 9.58. The van der Waals surface area contributed by atoms with Crippen LogP contribution in [-0.2, 0) is 27.2 Å². The van der Waals surface area contributed by atoms with E-state index in [1.807, 2.05) is 0 Å². The normalized spacial score (nSPS) is 31.0. The average molecular weight is 439 g/mol. The van der Waals surface area contributed by atoms with Gasteiger partial charge in [-0.15, -0.1) is 0 Å². The highest BCUT2D eigenvalue weighted by atomic mass is 16.5. The summed E-state index contributed by atoms with van der Waals surface area (Å²) in [4.78, 5) is 24.1. The van der Waals surface area contributed by atoms with Crippen molar-refractivity contribution in [2.24, 2.45) is 29.1 Å². The Kier molecular flexibility index (Phi) is 6.58. The van der Waals surface area contributed by atoms with Gasteiger partial charge in [-0.25, -0.2) is 0 Å². The molecule has 0 N–H and O–H groups in total. The minimum absolute atomic E-state index is 0.0404. The number of carbonyl (C=O) groups is 2. The largest absolute Gasteiger partial charge is 0.450 e. The topological polar surface area (TPSA) is 43.4 Å². The molecule has 0 radical (unpaired) electrons. The van der Waals surface area contributed by atoms with Crippen molar-refractivity contribution >= 4 is 11.8 Å². The van der Waals surface area contributed by atoms with E-state index in [-0.39, 0.29) is 11.8 Å². The maximum absolute atomic E-state index is 12.5. The first-order chi connectivity index (χ1) is 15.1. The Hall–Kier alpha value is -1.64. The first kappa shape index (κ1) is 23.5. The lowest BCUT2D eigenvalue weighted by Crippen LogP contribution is -2.36. The van der Waals surface area contributed by atoms with Crippen molar-refractivity contribution < 1.29 is 14.3 Å². The minimum Gasteiger partial charge on any atom is -0.450 e. The molecular weight excluding hydrogens is 396 g/mol. The van der Waals surface area contributed by atoms with Crippen LogP contribution in [0.3, 0.4) is 0 Å². The fraction of sp³-hybridized carbons (Fsp3) is 0.724. The summed E-state index contributed by atoms with van der Waals surface area (Å²) >= 11 is 0. The fourth-order valence-electron chi connectivity index (χ4n) is 7.26. The molecule has 3 nitrogen and oxygen atoms in total. The molecule has 0 aliphatic heterocycles. The minimum atomic E-state index is -0.700. The van der Waals surface area contributed by atoms with Crippen molar-refractivity contribution in [3.8, 4) is 0 Å². The zero-order valence-corrected chi connectivity index (χ0v) is 21.0. The maximum atomic E-state index is 12.5. The van der Waals surface area contributed by atoms with Gasteiger partial charge in [0.15, 0.2) is 11.9 Å². The lowest BCUT2D eigenvalue weighted by molar-refractivity contribution is -0.154. The number of fused-ring (bicyclic) bond motifs is 5. The van der Waals surface area contributed by atoms with Crippen LogP contribution in [0.2, 0.25) is 0 Å². The van der Waals surface area contributed by atoms with Crippen LogP contribution in [0.15, 0.2) is 12.1 Å². The van der Waals surface area contributed by atoms with Gasteiger partial charge in [-0.2, -0.15) is 0 Å². The maximum Gasteiger partial charge on any atom is 0.303 e. The van der Waals surface area contributed by atoms with E-state index in [4.69, 9.17) is 4.74 Å². The molecule has 0 saturated heterocycles. The van der Waals surface area contributed by atoms with Gasteiger partial charge in [0.05, 0.1) is 0 Å². The molecule has 3 aliphatic carbocycles. The van der Waals surface area contributed by atoms with Crippen LogP contribution in [0.1, 0.15) is 114 Å². The third kappa shape index (κ3) is 4.05. The number of ether oxygens (including phenoxy) is 1. The molecule has 0 bridgehead atoms. The molecule has 1 aromatic rings. The standard InChI is InChI=1S/C29H42O3/c1-17(2)18(3)7-8-19(4)25-12-13-26-23-9-10-24-21(22(23)15-16-29(25,26)6)11-14-27(31)28(24)32-20(5)30/h9-10,17-19,25-26,28H,7-8,11-16H2,1-6H3. The number of esters is 1. The summed E-state index contributed by atoms with van der Waals surface area (Å²) in [7, 11) is 0. The van der Waals surface area contributed by atoms with E-state index in [2.05, 4.69) is 46.8 Å². The van der Waals surface area contributed by atoms with Crippen molar-refractivity contribution in [3.05, 3.63) is 34.4 Å². The number of benzene rings is 1. The van der Waals surface area contributed by atoms with Gasteiger partial charge in [0.1, 0.15) is 0 Å². The monoisotopic (exact) mass is 438 g/mol. The molecule has 0 amide bonds. The van der Waals surface area contributed by atoms with Crippen molar-refractivity contribution in [2.45, 2.75) is 105 Å². The average Bonchev–Trinajstić information content (AvgIpc) is 3.10. The highest BCUT2D eigenvalue weighted by molar-refractivity contribution is 5.89. The van der Waals surface area contributed by atoms with Gasteiger partial charge in [0, 0.05) is 18.9 Å². The molecule has 3 heteroatoms. The summed E-state index contributed by atoms with van der Waals surface area (Å²) in [5, 5.41) is 0. The summed E-state index contributed by atoms with van der Waals surface area (Å²) < 4.78 is 5.45. The van der Waals surface area contributed by atoms with Crippen LogP contribution in [0.25, 0.3) is 0 Å². The van der Waals surface area contributed by atoms with Gasteiger partial charge in [0.2, 0.25) is 0 Å². The predicted octanol–water partition coefficient (Wildman–Crippen LogP) is 6.96. The Morgan fingerprint density at radius 3 is 2.41 bits per heavy atom. The first-order valence-electron chi connectivity index (χ1n) is 13.0. The quantitative estimate of drug-likeness (QED) is 0.451. The van der Waals surface area contributed by atoms with Crippen molar-refractivity contribution in [1.82, 2.24) is 0 Å². The molecule has 1 aromatic carbocycles. The van der Waals surface area contributed by atoms with Crippen molar-refractivity contribution in [1.29, 1.82) is 0 Å². The molecule has 4 rings (SSSR count). The summed E-state index contributed by atoms with van der Waals surface area (Å²) in [5.41, 5.74) is 5.62. The summed E-state index contributed by atoms with van der Waals surface area (Å²) in [6.45, 7) is 13.6. The predicted molar refractivity (Wildman–Crippen MR) is 129 cm³/mol. The highest BCUT2D eigenvalue weighted by Crippen LogP contribution is 2.61. The van der Waals surface area contributed by atoms with Gasteiger partial charge in [-0.3, -0.25) is 9.59 Å². The van der Waals surface area contributed by atoms with Gasteiger partial charge >= 0.3 is 5.97 Å². The van der Waals surface area contributed by atoms with Crippen LogP contribution >= 0.6 is 0 Å². The Bertz CT molecular complexity index is 885. The number of ketones is 1. The lowest BCUT2D eigenvalue weighted by Gasteiger charge is -2.45. The van der Waals surface area contributed by atoms with Crippen LogP contribution < -0.4 is 0 Å². The van der Waals surface area contributed by atoms with Gasteiger partial charge < -0.3 is 4.74 Å². The number of rotatable bonds is 6. The van der Waals surface area contributed by atoms with Gasteiger partial charge in [0.25, 0.3) is 0 Å². The molecule has 6 atom stereocenters. The van der Waals surface area contributed by atoms with E-state index in [0.29, 0.717) is 17.8 Å². The molecule has 6 unspecified atom stereocenters. The van der Waals surface area contributed by atoms with Gasteiger partial charge in [-0.1, -0.05) is 59.6 Å². The van der Waals surface area contributed by atoms with E-state index in [0.717, 1.165) is 42.1 Å². The Morgan fingerprint density at radius 1 is 1.03 bits per heavy atom. The molecule has 0 aromatic heterocycles. The molecule has 0 spiro atoms. The zero-order chi connectivity index (χ0) is 23.2. The summed E-state index contributed by atoms with van der Waals surface area (Å²) in [6.07, 6.45) is 8.21. The molecule has 1 fully saturated rings. The molecule has 3 aliphatic rings. The summed E-state index contributed by atoms with van der Waals surface area (Å²) in [5.74, 6) is 3.43. The van der Waals surface area contributed by atoms with Crippen molar-refractivity contribution in [2.75, 3.05) is 0 Å². The second-order valence-electron chi connectivity index (χ2n) is 11.7. The zero-order valence-electron chi connectivity index (χ0n) is 21.0. The van der Waals surface area contributed by atoms with Crippen LogP contribution in [0.4, 0.5) is 0 Å². The van der Waals surface area contributed by atoms with Crippen LogP contribution in [0.5, 0.6) is 0 Å². The van der Waals surface area contributed by atoms with Crippen molar-refractivity contribution in [3.63, 3.8) is 0 Å². The smallest absolute Gasteiger partial charge is 0.303 e. The van der Waals surface area contributed by atoms with Gasteiger partial charge in [-0.05, 0) is 83.8 Å². The van der Waals surface area contributed by atoms with Crippen LogP contribution in [0, 0.1) is 29.1 Å². The van der Waals surface area contributed by atoms with E-state index in [9.17, 15) is 9.59 Å². The second kappa shape index (κ2) is 8.95. The highest BCUT2D eigenvalue weighted by Gasteiger charge is 2.51. The van der Waals surface area contributed by atoms with E-state index in [1.54, 1.807) is 0 Å².